The molecule has 3 heteroatoms. The van der Waals surface area contributed by atoms with Gasteiger partial charge in [0.1, 0.15) is 0 Å². The van der Waals surface area contributed by atoms with Gasteiger partial charge in [-0.25, -0.2) is 0 Å². The molecule has 2 rings (SSSR count). The van der Waals surface area contributed by atoms with Crippen LogP contribution in [0.3, 0.4) is 0 Å². The molecule has 3 nitrogen and oxygen atoms in total. The Morgan fingerprint density at radius 2 is 2.11 bits per heavy atom. The number of ether oxygens (including phenoxy) is 1. The van der Waals surface area contributed by atoms with E-state index in [4.69, 9.17) is 10.5 Å². The zero-order valence-corrected chi connectivity index (χ0v) is 11.4. The topological polar surface area (TPSA) is 38.5 Å². The van der Waals surface area contributed by atoms with Crippen molar-refractivity contribution in [3.63, 3.8) is 0 Å². The van der Waals surface area contributed by atoms with Gasteiger partial charge in [0.05, 0.1) is 6.10 Å². The third kappa shape index (κ3) is 3.10. The van der Waals surface area contributed by atoms with Crippen LogP contribution in [-0.4, -0.2) is 37.7 Å². The molecule has 1 heterocycles. The summed E-state index contributed by atoms with van der Waals surface area (Å²) < 4.78 is 5.42. The lowest BCUT2D eigenvalue weighted by Crippen LogP contribution is -2.41. The van der Waals surface area contributed by atoms with Crippen LogP contribution in [0.4, 0.5) is 0 Å². The minimum Gasteiger partial charge on any atom is -0.381 e. The number of nitrogens with two attached hydrogens (primary N) is 1. The van der Waals surface area contributed by atoms with Gasteiger partial charge in [0.25, 0.3) is 0 Å². The van der Waals surface area contributed by atoms with Crippen LogP contribution in [0.15, 0.2) is 24.3 Å². The second-order valence-electron chi connectivity index (χ2n) is 5.14. The van der Waals surface area contributed by atoms with E-state index in [1.54, 1.807) is 7.11 Å². The highest BCUT2D eigenvalue weighted by Gasteiger charge is 2.25. The van der Waals surface area contributed by atoms with E-state index in [0.717, 1.165) is 25.9 Å². The number of benzene rings is 1. The van der Waals surface area contributed by atoms with Gasteiger partial charge in [-0.15, -0.1) is 0 Å². The first kappa shape index (κ1) is 13.5. The summed E-state index contributed by atoms with van der Waals surface area (Å²) >= 11 is 0. The van der Waals surface area contributed by atoms with Crippen LogP contribution in [0, 0.1) is 6.92 Å². The molecule has 1 atom stereocenters. The molecule has 1 unspecified atom stereocenters. The normalized spacial score (nSPS) is 19.9. The van der Waals surface area contributed by atoms with Crippen molar-refractivity contribution in [2.45, 2.75) is 31.9 Å². The number of likely N-dealkylation sites (tertiary alicyclic amines) is 1. The van der Waals surface area contributed by atoms with Crippen LogP contribution in [0.1, 0.15) is 30.0 Å². The Morgan fingerprint density at radius 1 is 1.39 bits per heavy atom. The van der Waals surface area contributed by atoms with E-state index in [-0.39, 0.29) is 0 Å². The van der Waals surface area contributed by atoms with E-state index in [1.807, 2.05) is 0 Å². The van der Waals surface area contributed by atoms with Crippen LogP contribution in [0.5, 0.6) is 0 Å². The van der Waals surface area contributed by atoms with Crippen molar-refractivity contribution < 1.29 is 4.74 Å². The molecule has 1 aromatic carbocycles. The summed E-state index contributed by atoms with van der Waals surface area (Å²) in [5.41, 5.74) is 8.62. The summed E-state index contributed by atoms with van der Waals surface area (Å²) in [5.74, 6) is 0. The van der Waals surface area contributed by atoms with Crippen LogP contribution in [0.2, 0.25) is 0 Å². The fraction of sp³-hybridized carbons (Fsp3) is 0.600. The molecule has 1 aromatic rings. The van der Waals surface area contributed by atoms with E-state index in [2.05, 4.69) is 36.1 Å². The van der Waals surface area contributed by atoms with Gasteiger partial charge in [0.2, 0.25) is 0 Å². The van der Waals surface area contributed by atoms with Crippen molar-refractivity contribution in [3.8, 4) is 0 Å². The summed E-state index contributed by atoms with van der Waals surface area (Å²) in [4.78, 5) is 2.49. The molecule has 0 radical (unpaired) electrons. The molecule has 0 saturated carbocycles. The summed E-state index contributed by atoms with van der Waals surface area (Å²) in [5, 5.41) is 0. The maximum atomic E-state index is 5.98. The molecule has 0 bridgehead atoms. The fourth-order valence-corrected chi connectivity index (χ4v) is 2.80. The van der Waals surface area contributed by atoms with E-state index >= 15 is 0 Å². The van der Waals surface area contributed by atoms with Gasteiger partial charge in [-0.1, -0.05) is 29.8 Å². The van der Waals surface area contributed by atoms with Crippen molar-refractivity contribution in [1.29, 1.82) is 0 Å². The van der Waals surface area contributed by atoms with Crippen molar-refractivity contribution in [2.24, 2.45) is 5.73 Å². The Balaban J connectivity index is 2.05. The lowest BCUT2D eigenvalue weighted by molar-refractivity contribution is 0.0280. The molecule has 1 saturated heterocycles. The monoisotopic (exact) mass is 248 g/mol. The maximum absolute atomic E-state index is 5.98. The number of rotatable bonds is 4. The summed E-state index contributed by atoms with van der Waals surface area (Å²) in [7, 11) is 1.81. The summed E-state index contributed by atoms with van der Waals surface area (Å²) in [6.07, 6.45) is 2.65. The molecule has 2 N–H and O–H groups in total. The van der Waals surface area contributed by atoms with Gasteiger partial charge >= 0.3 is 0 Å². The van der Waals surface area contributed by atoms with E-state index in [1.165, 1.54) is 11.1 Å². The van der Waals surface area contributed by atoms with Crippen LogP contribution in [0.25, 0.3) is 0 Å². The molecule has 0 spiro atoms. The Hall–Kier alpha value is -0.900. The molecule has 1 aliphatic rings. The molecular formula is C15H24N2O. The largest absolute Gasteiger partial charge is 0.381 e. The smallest absolute Gasteiger partial charge is 0.0595 e. The van der Waals surface area contributed by atoms with E-state index < -0.39 is 0 Å². The quantitative estimate of drug-likeness (QED) is 0.887. The molecular weight excluding hydrogens is 224 g/mol. The standard InChI is InChI=1S/C15H24N2O/c1-12-4-3-5-13(10-12)15(11-16)17-8-6-14(18-2)7-9-17/h3-5,10,14-15H,6-9,11,16H2,1-2H3. The van der Waals surface area contributed by atoms with Crippen LogP contribution < -0.4 is 5.73 Å². The SMILES string of the molecule is COC1CCN(C(CN)c2cccc(C)c2)CC1. The highest BCUT2D eigenvalue weighted by molar-refractivity contribution is 5.25. The second kappa shape index (κ2) is 6.32. The average Bonchev–Trinajstić information content (AvgIpc) is 2.40. The summed E-state index contributed by atoms with van der Waals surface area (Å²) in [6.45, 7) is 4.97. The van der Waals surface area contributed by atoms with Crippen molar-refractivity contribution in [2.75, 3.05) is 26.7 Å². The minimum absolute atomic E-state index is 0.350. The first-order chi connectivity index (χ1) is 8.74. The number of aryl methyl sites for hydroxylation is 1. The lowest BCUT2D eigenvalue weighted by Gasteiger charge is -2.37. The average molecular weight is 248 g/mol. The first-order valence-electron chi connectivity index (χ1n) is 6.78. The minimum atomic E-state index is 0.350. The zero-order valence-electron chi connectivity index (χ0n) is 11.4. The van der Waals surface area contributed by atoms with E-state index in [9.17, 15) is 0 Å². The third-order valence-corrected chi connectivity index (χ3v) is 3.90. The number of nitrogens with zero attached hydrogens (tertiary/aromatic N) is 1. The fourth-order valence-electron chi connectivity index (χ4n) is 2.80. The lowest BCUT2D eigenvalue weighted by atomic mass is 9.99. The van der Waals surface area contributed by atoms with Gasteiger partial charge < -0.3 is 10.5 Å². The molecule has 1 fully saturated rings. The molecule has 18 heavy (non-hydrogen) atoms. The Labute approximate surface area is 110 Å². The highest BCUT2D eigenvalue weighted by atomic mass is 16.5. The van der Waals surface area contributed by atoms with Gasteiger partial charge in [-0.2, -0.15) is 0 Å². The first-order valence-corrected chi connectivity index (χ1v) is 6.78. The Bertz CT molecular complexity index is 373. The highest BCUT2D eigenvalue weighted by Crippen LogP contribution is 2.25. The van der Waals surface area contributed by atoms with E-state index in [0.29, 0.717) is 18.7 Å². The molecule has 100 valence electrons. The number of hydrogen-bond donors (Lipinski definition) is 1. The number of piperidine rings is 1. The Morgan fingerprint density at radius 3 is 2.67 bits per heavy atom. The number of hydrogen-bond acceptors (Lipinski definition) is 3. The predicted molar refractivity (Wildman–Crippen MR) is 74.6 cm³/mol. The second-order valence-corrected chi connectivity index (χ2v) is 5.14. The van der Waals surface area contributed by atoms with Crippen LogP contribution in [-0.2, 0) is 4.74 Å². The zero-order chi connectivity index (χ0) is 13.0. The molecule has 0 aromatic heterocycles. The van der Waals surface area contributed by atoms with Crippen LogP contribution >= 0.6 is 0 Å². The van der Waals surface area contributed by atoms with Gasteiger partial charge in [0.15, 0.2) is 0 Å². The van der Waals surface area contributed by atoms with Crippen molar-refractivity contribution in [1.82, 2.24) is 4.90 Å². The van der Waals surface area contributed by atoms with Crippen molar-refractivity contribution >= 4 is 0 Å². The van der Waals surface area contributed by atoms with Crippen molar-refractivity contribution in [3.05, 3.63) is 35.4 Å². The van der Waals surface area contributed by atoms with Gasteiger partial charge in [-0.05, 0) is 25.3 Å². The maximum Gasteiger partial charge on any atom is 0.0595 e. The molecule has 0 aliphatic carbocycles. The molecule has 1 aliphatic heterocycles. The predicted octanol–water partition coefficient (Wildman–Crippen LogP) is 2.11. The summed E-state index contributed by atoms with van der Waals surface area (Å²) in [6, 6.07) is 9.04. The van der Waals surface area contributed by atoms with Gasteiger partial charge in [-0.3, -0.25) is 4.90 Å². The third-order valence-electron chi connectivity index (χ3n) is 3.90. The number of methoxy groups -OCH3 is 1. The Kier molecular flexibility index (Phi) is 4.75. The van der Waals surface area contributed by atoms with Gasteiger partial charge in [0, 0.05) is 32.8 Å². The molecule has 0 amide bonds.